The van der Waals surface area contributed by atoms with Crippen LogP contribution in [0.2, 0.25) is 0 Å². The number of methoxy groups -OCH3 is 1. The Morgan fingerprint density at radius 2 is 2.00 bits per heavy atom. The number of anilines is 1. The van der Waals surface area contributed by atoms with Gasteiger partial charge >= 0.3 is 12.2 Å². The van der Waals surface area contributed by atoms with Crippen LogP contribution in [0.25, 0.3) is 0 Å². The van der Waals surface area contributed by atoms with Gasteiger partial charge in [0, 0.05) is 12.0 Å². The Balaban J connectivity index is 2.20. The van der Waals surface area contributed by atoms with Gasteiger partial charge in [0.25, 0.3) is 0 Å². The molecule has 29 heavy (non-hydrogen) atoms. The van der Waals surface area contributed by atoms with Gasteiger partial charge in [-0.3, -0.25) is 4.79 Å². The summed E-state index contributed by atoms with van der Waals surface area (Å²) >= 11 is 1.31. The summed E-state index contributed by atoms with van der Waals surface area (Å²) in [5, 5.41) is 6.64. The zero-order chi connectivity index (χ0) is 21.4. The molecule has 3 amide bonds. The molecule has 1 unspecified atom stereocenters. The largest absolute Gasteiger partial charge is 0.489 e. The number of benzene rings is 1. The van der Waals surface area contributed by atoms with Crippen molar-refractivity contribution in [3.8, 4) is 5.75 Å². The molecule has 1 aromatic heterocycles. The fourth-order valence-corrected chi connectivity index (χ4v) is 3.21. The van der Waals surface area contributed by atoms with Crippen LogP contribution in [0, 0.1) is 0 Å². The molecule has 0 bridgehead atoms. The summed E-state index contributed by atoms with van der Waals surface area (Å²) in [5.74, 6) is -0.549. The van der Waals surface area contributed by atoms with E-state index in [2.05, 4.69) is 10.6 Å². The number of ether oxygens (including phenoxy) is 2. The normalized spacial score (nSPS) is 12.3. The maximum Gasteiger partial charge on any atom is 0.416 e. The van der Waals surface area contributed by atoms with Gasteiger partial charge in [-0.1, -0.05) is 6.07 Å². The minimum absolute atomic E-state index is 0.0685. The molecule has 11 heteroatoms. The van der Waals surface area contributed by atoms with Crippen molar-refractivity contribution in [1.29, 1.82) is 0 Å². The Morgan fingerprint density at radius 1 is 1.24 bits per heavy atom. The van der Waals surface area contributed by atoms with Crippen molar-refractivity contribution in [3.05, 3.63) is 46.2 Å². The average Bonchev–Trinajstić information content (AvgIpc) is 3.16. The van der Waals surface area contributed by atoms with Gasteiger partial charge in [0.1, 0.15) is 12.4 Å². The monoisotopic (exact) mass is 431 g/mol. The van der Waals surface area contributed by atoms with E-state index in [1.165, 1.54) is 18.4 Å². The molecular weight excluding hydrogens is 411 g/mol. The first-order chi connectivity index (χ1) is 13.7. The lowest BCUT2D eigenvalue weighted by Gasteiger charge is -2.18. The van der Waals surface area contributed by atoms with Crippen LogP contribution in [0.1, 0.15) is 22.9 Å². The first kappa shape index (κ1) is 22.5. The van der Waals surface area contributed by atoms with Gasteiger partial charge in [0.2, 0.25) is 5.91 Å². The highest BCUT2D eigenvalue weighted by molar-refractivity contribution is 7.10. The zero-order valence-electron chi connectivity index (χ0n) is 15.4. The maximum atomic E-state index is 13.0. The van der Waals surface area contributed by atoms with E-state index in [0.717, 1.165) is 18.2 Å². The van der Waals surface area contributed by atoms with Gasteiger partial charge in [0.05, 0.1) is 30.3 Å². The van der Waals surface area contributed by atoms with Crippen molar-refractivity contribution in [2.24, 2.45) is 5.73 Å². The maximum absolute atomic E-state index is 13.0. The van der Waals surface area contributed by atoms with Crippen LogP contribution in [0.4, 0.5) is 23.7 Å². The Bertz CT molecular complexity index is 828. The van der Waals surface area contributed by atoms with E-state index in [9.17, 15) is 22.8 Å². The van der Waals surface area contributed by atoms with Crippen molar-refractivity contribution in [3.63, 3.8) is 0 Å². The van der Waals surface area contributed by atoms with Crippen LogP contribution >= 0.6 is 11.3 Å². The second-order valence-electron chi connectivity index (χ2n) is 5.88. The third-order valence-corrected chi connectivity index (χ3v) is 4.70. The molecule has 1 aromatic carbocycles. The highest BCUT2D eigenvalue weighted by Gasteiger charge is 2.31. The molecule has 0 saturated heterocycles. The van der Waals surface area contributed by atoms with Crippen LogP contribution in [-0.2, 0) is 15.7 Å². The summed E-state index contributed by atoms with van der Waals surface area (Å²) < 4.78 is 49.4. The fourth-order valence-electron chi connectivity index (χ4n) is 2.44. The first-order valence-corrected chi connectivity index (χ1v) is 9.31. The highest BCUT2D eigenvalue weighted by atomic mass is 32.1. The Hall–Kier alpha value is -2.79. The zero-order valence-corrected chi connectivity index (χ0v) is 16.2. The van der Waals surface area contributed by atoms with Crippen LogP contribution in [0.5, 0.6) is 5.75 Å². The number of halogens is 3. The highest BCUT2D eigenvalue weighted by Crippen LogP contribution is 2.35. The molecule has 0 aliphatic heterocycles. The number of hydrogen-bond donors (Lipinski definition) is 3. The molecule has 0 aliphatic rings. The molecule has 0 spiro atoms. The van der Waals surface area contributed by atoms with E-state index in [-0.39, 0.29) is 31.1 Å². The average molecular weight is 431 g/mol. The fraction of sp³-hybridized carbons (Fsp3) is 0.333. The number of nitrogens with one attached hydrogen (secondary N) is 2. The Morgan fingerprint density at radius 3 is 2.59 bits per heavy atom. The summed E-state index contributed by atoms with van der Waals surface area (Å²) in [6.07, 6.45) is -4.81. The number of hydrogen-bond acceptors (Lipinski definition) is 5. The number of primary amides is 1. The van der Waals surface area contributed by atoms with E-state index < -0.39 is 29.7 Å². The van der Waals surface area contributed by atoms with Crippen molar-refractivity contribution in [2.45, 2.75) is 18.6 Å². The molecule has 1 heterocycles. The summed E-state index contributed by atoms with van der Waals surface area (Å²) in [6, 6.07) is 4.70. The minimum Gasteiger partial charge on any atom is -0.489 e. The minimum atomic E-state index is -4.59. The lowest BCUT2D eigenvalue weighted by atomic mass is 10.1. The van der Waals surface area contributed by atoms with Gasteiger partial charge in [-0.05, 0) is 29.6 Å². The third kappa shape index (κ3) is 6.95. The van der Waals surface area contributed by atoms with Crippen molar-refractivity contribution in [1.82, 2.24) is 5.32 Å². The van der Waals surface area contributed by atoms with E-state index >= 15 is 0 Å². The molecule has 158 valence electrons. The van der Waals surface area contributed by atoms with E-state index in [4.69, 9.17) is 15.2 Å². The van der Waals surface area contributed by atoms with Crippen molar-refractivity contribution >= 4 is 29.0 Å². The van der Waals surface area contributed by atoms with Crippen molar-refractivity contribution in [2.75, 3.05) is 25.6 Å². The van der Waals surface area contributed by atoms with Crippen LogP contribution in [-0.4, -0.2) is 32.3 Å². The second-order valence-corrected chi connectivity index (χ2v) is 6.86. The molecule has 0 saturated carbocycles. The summed E-state index contributed by atoms with van der Waals surface area (Å²) in [4.78, 5) is 24.4. The van der Waals surface area contributed by atoms with E-state index in [1.54, 1.807) is 17.5 Å². The number of urea groups is 1. The standard InChI is InChI=1S/C18H20F3N3O4S/c1-27-6-7-28-14-5-4-11(18(19,20)21)9-12(14)23-16(25)10-13(24-17(22)26)15-3-2-8-29-15/h2-5,8-9,13H,6-7,10H2,1H3,(H,23,25)(H3,22,24,26). The number of rotatable bonds is 9. The summed E-state index contributed by atoms with van der Waals surface area (Å²) in [5.41, 5.74) is 4.09. The number of thiophene rings is 1. The predicted octanol–water partition coefficient (Wildman–Crippen LogP) is 3.53. The molecule has 0 radical (unpaired) electrons. The molecule has 1 atom stereocenters. The van der Waals surface area contributed by atoms with Gasteiger partial charge in [-0.25, -0.2) is 4.79 Å². The predicted molar refractivity (Wildman–Crippen MR) is 102 cm³/mol. The number of nitrogens with two attached hydrogens (primary N) is 1. The van der Waals surface area contributed by atoms with Crippen LogP contribution in [0.15, 0.2) is 35.7 Å². The molecular formula is C18H20F3N3O4S. The van der Waals surface area contributed by atoms with Gasteiger partial charge in [-0.15, -0.1) is 11.3 Å². The Labute approximate surface area is 169 Å². The third-order valence-electron chi connectivity index (χ3n) is 3.72. The van der Waals surface area contributed by atoms with Gasteiger partial charge < -0.3 is 25.8 Å². The molecule has 0 aliphatic carbocycles. The topological polar surface area (TPSA) is 103 Å². The first-order valence-electron chi connectivity index (χ1n) is 8.43. The molecule has 7 nitrogen and oxygen atoms in total. The summed E-state index contributed by atoms with van der Waals surface area (Å²) in [7, 11) is 1.45. The summed E-state index contributed by atoms with van der Waals surface area (Å²) in [6.45, 7) is 0.309. The van der Waals surface area contributed by atoms with Crippen molar-refractivity contribution < 1.29 is 32.2 Å². The lowest BCUT2D eigenvalue weighted by molar-refractivity contribution is -0.137. The number of alkyl halides is 3. The Kier molecular flexibility index (Phi) is 7.85. The second kappa shape index (κ2) is 10.1. The molecule has 2 aromatic rings. The van der Waals surface area contributed by atoms with Crippen LogP contribution in [0.3, 0.4) is 0 Å². The number of amides is 3. The van der Waals surface area contributed by atoms with E-state index in [0.29, 0.717) is 4.88 Å². The van der Waals surface area contributed by atoms with Gasteiger partial charge in [-0.2, -0.15) is 13.2 Å². The SMILES string of the molecule is COCCOc1ccc(C(F)(F)F)cc1NC(=O)CC(NC(N)=O)c1cccs1. The smallest absolute Gasteiger partial charge is 0.416 e. The molecule has 4 N–H and O–H groups in total. The molecule has 0 fully saturated rings. The number of carbonyl (C=O) groups excluding carboxylic acids is 2. The van der Waals surface area contributed by atoms with Crippen LogP contribution < -0.4 is 21.1 Å². The van der Waals surface area contributed by atoms with Gasteiger partial charge in [0.15, 0.2) is 0 Å². The lowest BCUT2D eigenvalue weighted by Crippen LogP contribution is -2.34. The quantitative estimate of drug-likeness (QED) is 0.529. The number of carbonyl (C=O) groups is 2. The van der Waals surface area contributed by atoms with E-state index in [1.807, 2.05) is 0 Å². The molecule has 2 rings (SSSR count).